The molecule has 0 aliphatic heterocycles. The number of aromatic nitrogens is 2. The lowest BCUT2D eigenvalue weighted by atomic mass is 10.2. The van der Waals surface area contributed by atoms with Crippen LogP contribution in [0.4, 0.5) is 0 Å². The van der Waals surface area contributed by atoms with Crippen molar-refractivity contribution < 1.29 is 4.57 Å². The summed E-state index contributed by atoms with van der Waals surface area (Å²) in [6.07, 6.45) is 5.71. The van der Waals surface area contributed by atoms with E-state index in [4.69, 9.17) is 0 Å². The molecule has 15 heavy (non-hydrogen) atoms. The zero-order valence-electron chi connectivity index (χ0n) is 8.51. The molecule has 0 N–H and O–H groups in total. The maximum absolute atomic E-state index is 4.14. The Morgan fingerprint density at radius 3 is 2.80 bits per heavy atom. The Morgan fingerprint density at radius 1 is 1.13 bits per heavy atom. The molecule has 2 aromatic rings. The quantitative estimate of drug-likeness (QED) is 0.457. The van der Waals surface area contributed by atoms with E-state index < -0.39 is 0 Å². The first-order valence-corrected chi connectivity index (χ1v) is 4.73. The number of hydrogen-bond acceptors (Lipinski definition) is 1. The summed E-state index contributed by atoms with van der Waals surface area (Å²) in [6.45, 7) is 0. The van der Waals surface area contributed by atoms with Crippen LogP contribution in [0, 0.1) is 11.8 Å². The van der Waals surface area contributed by atoms with Gasteiger partial charge in [-0.3, -0.25) is 0 Å². The molecule has 2 rings (SSSR count). The van der Waals surface area contributed by atoms with E-state index in [-0.39, 0.29) is 0 Å². The fourth-order valence-electron chi connectivity index (χ4n) is 1.23. The summed E-state index contributed by atoms with van der Waals surface area (Å²) >= 11 is 0. The number of rotatable bonds is 0. The van der Waals surface area contributed by atoms with Gasteiger partial charge in [0.2, 0.25) is 0 Å². The fraction of sp³-hybridized carbons (Fsp3) is 0.0769. The van der Waals surface area contributed by atoms with Crippen molar-refractivity contribution in [1.29, 1.82) is 0 Å². The molecule has 0 aromatic carbocycles. The lowest BCUT2D eigenvalue weighted by molar-refractivity contribution is -0.671. The van der Waals surface area contributed by atoms with E-state index in [2.05, 4.69) is 16.8 Å². The van der Waals surface area contributed by atoms with Gasteiger partial charge in [-0.2, -0.15) is 0 Å². The van der Waals surface area contributed by atoms with E-state index in [0.717, 1.165) is 11.3 Å². The van der Waals surface area contributed by atoms with Gasteiger partial charge >= 0.3 is 0 Å². The smallest absolute Gasteiger partial charge is 0.184 e. The van der Waals surface area contributed by atoms with Crippen molar-refractivity contribution in [1.82, 2.24) is 4.98 Å². The fourth-order valence-corrected chi connectivity index (χ4v) is 1.23. The summed E-state index contributed by atoms with van der Waals surface area (Å²) in [5.41, 5.74) is 1.79. The summed E-state index contributed by atoms with van der Waals surface area (Å²) in [6, 6.07) is 9.67. The molecule has 0 saturated heterocycles. The molecule has 0 radical (unpaired) electrons. The number of pyridine rings is 2. The molecule has 0 amide bonds. The highest BCUT2D eigenvalue weighted by Gasteiger charge is 1.92. The average Bonchev–Trinajstić information content (AvgIpc) is 2.28. The van der Waals surface area contributed by atoms with Crippen molar-refractivity contribution in [2.24, 2.45) is 7.05 Å². The minimum atomic E-state index is 0.795. The van der Waals surface area contributed by atoms with E-state index in [0.29, 0.717) is 0 Å². The van der Waals surface area contributed by atoms with Crippen LogP contribution in [0.1, 0.15) is 11.3 Å². The summed E-state index contributed by atoms with van der Waals surface area (Å²) in [7, 11) is 1.98. The summed E-state index contributed by atoms with van der Waals surface area (Å²) < 4.78 is 1.97. The SMILES string of the molecule is C[n+]1cccc(C#Cc2ccccn2)c1. The van der Waals surface area contributed by atoms with E-state index in [1.165, 1.54) is 0 Å². The Balaban J connectivity index is 2.26. The van der Waals surface area contributed by atoms with Gasteiger partial charge in [0.25, 0.3) is 0 Å². The highest BCUT2D eigenvalue weighted by atomic mass is 14.9. The van der Waals surface area contributed by atoms with Gasteiger partial charge in [0.1, 0.15) is 12.7 Å². The van der Waals surface area contributed by atoms with Gasteiger partial charge in [0.15, 0.2) is 12.4 Å². The Kier molecular flexibility index (Phi) is 2.75. The van der Waals surface area contributed by atoms with Crippen molar-refractivity contribution in [3.05, 3.63) is 60.2 Å². The Bertz CT molecular complexity index is 507. The zero-order valence-corrected chi connectivity index (χ0v) is 8.51. The second-order valence-electron chi connectivity index (χ2n) is 3.22. The van der Waals surface area contributed by atoms with E-state index in [1.807, 2.05) is 54.3 Å². The van der Waals surface area contributed by atoms with Crippen molar-refractivity contribution >= 4 is 0 Å². The van der Waals surface area contributed by atoms with Crippen LogP contribution in [0.25, 0.3) is 0 Å². The van der Waals surface area contributed by atoms with Crippen LogP contribution >= 0.6 is 0 Å². The van der Waals surface area contributed by atoms with Crippen molar-refractivity contribution in [2.45, 2.75) is 0 Å². The van der Waals surface area contributed by atoms with Gasteiger partial charge in [-0.05, 0) is 24.1 Å². The third-order valence-corrected chi connectivity index (χ3v) is 1.94. The lowest BCUT2D eigenvalue weighted by Gasteiger charge is -1.88. The molecule has 2 heteroatoms. The van der Waals surface area contributed by atoms with Crippen LogP contribution in [-0.2, 0) is 7.05 Å². The summed E-state index contributed by atoms with van der Waals surface area (Å²) in [5.74, 6) is 6.08. The molecule has 2 heterocycles. The van der Waals surface area contributed by atoms with Crippen molar-refractivity contribution in [3.63, 3.8) is 0 Å². The molecule has 0 atom stereocenters. The second kappa shape index (κ2) is 4.39. The topological polar surface area (TPSA) is 16.8 Å². The predicted molar refractivity (Wildman–Crippen MR) is 57.8 cm³/mol. The zero-order chi connectivity index (χ0) is 10.5. The summed E-state index contributed by atoms with van der Waals surface area (Å²) in [5, 5.41) is 0. The molecule has 0 unspecified atom stereocenters. The van der Waals surface area contributed by atoms with Crippen LogP contribution in [0.3, 0.4) is 0 Å². The van der Waals surface area contributed by atoms with Gasteiger partial charge in [-0.25, -0.2) is 9.55 Å². The first-order chi connectivity index (χ1) is 7.34. The monoisotopic (exact) mass is 195 g/mol. The maximum atomic E-state index is 4.14. The normalized spacial score (nSPS) is 9.13. The molecule has 72 valence electrons. The molecule has 0 fully saturated rings. The standard InChI is InChI=1S/C13H11N2/c1-15-10-4-5-12(11-15)7-8-13-6-2-3-9-14-13/h2-6,9-11H,1H3/q+1. The molecule has 0 spiro atoms. The van der Waals surface area contributed by atoms with Crippen LogP contribution < -0.4 is 4.57 Å². The summed E-state index contributed by atoms with van der Waals surface area (Å²) in [4.78, 5) is 4.14. The number of hydrogen-bond donors (Lipinski definition) is 0. The average molecular weight is 195 g/mol. The minimum absolute atomic E-state index is 0.795. The Hall–Kier alpha value is -2.14. The Morgan fingerprint density at radius 2 is 2.07 bits per heavy atom. The van der Waals surface area contributed by atoms with Crippen molar-refractivity contribution in [2.75, 3.05) is 0 Å². The van der Waals surface area contributed by atoms with Crippen molar-refractivity contribution in [3.8, 4) is 11.8 Å². The number of nitrogens with zero attached hydrogens (tertiary/aromatic N) is 2. The molecule has 0 bridgehead atoms. The first-order valence-electron chi connectivity index (χ1n) is 4.73. The predicted octanol–water partition coefficient (Wildman–Crippen LogP) is 1.31. The molecule has 2 nitrogen and oxygen atoms in total. The molecular weight excluding hydrogens is 184 g/mol. The van der Waals surface area contributed by atoms with E-state index in [9.17, 15) is 0 Å². The molecule has 0 aliphatic carbocycles. The van der Waals surface area contributed by atoms with Gasteiger partial charge in [0, 0.05) is 12.3 Å². The largest absolute Gasteiger partial charge is 0.248 e. The van der Waals surface area contributed by atoms with Crippen LogP contribution in [0.2, 0.25) is 0 Å². The van der Waals surface area contributed by atoms with Crippen LogP contribution in [0.5, 0.6) is 0 Å². The highest BCUT2D eigenvalue weighted by Crippen LogP contribution is 1.93. The lowest BCUT2D eigenvalue weighted by Crippen LogP contribution is -2.26. The van der Waals surface area contributed by atoms with Gasteiger partial charge in [-0.1, -0.05) is 12.0 Å². The van der Waals surface area contributed by atoms with Crippen LogP contribution in [0.15, 0.2) is 48.9 Å². The molecule has 0 saturated carbocycles. The van der Waals surface area contributed by atoms with E-state index in [1.54, 1.807) is 6.20 Å². The molecular formula is C13H11N2+. The first kappa shape index (κ1) is 9.42. The molecule has 2 aromatic heterocycles. The second-order valence-corrected chi connectivity index (χ2v) is 3.22. The molecule has 0 aliphatic rings. The third kappa shape index (κ3) is 2.65. The highest BCUT2D eigenvalue weighted by molar-refractivity contribution is 5.37. The van der Waals surface area contributed by atoms with Gasteiger partial charge in [0.05, 0.1) is 5.56 Å². The third-order valence-electron chi connectivity index (χ3n) is 1.94. The minimum Gasteiger partial charge on any atom is -0.248 e. The van der Waals surface area contributed by atoms with E-state index >= 15 is 0 Å². The maximum Gasteiger partial charge on any atom is 0.184 e. The number of aryl methyl sites for hydroxylation is 1. The van der Waals surface area contributed by atoms with Gasteiger partial charge in [-0.15, -0.1) is 0 Å². The van der Waals surface area contributed by atoms with Gasteiger partial charge < -0.3 is 0 Å². The van der Waals surface area contributed by atoms with Crippen LogP contribution in [-0.4, -0.2) is 4.98 Å². The Labute approximate surface area is 89.2 Å².